The monoisotopic (exact) mass is 362 g/mol. The fourth-order valence-electron chi connectivity index (χ4n) is 2.38. The first-order valence-electron chi connectivity index (χ1n) is 7.70. The molecule has 1 N–H and O–H groups in total. The zero-order valence-electron chi connectivity index (χ0n) is 14.3. The van der Waals surface area contributed by atoms with E-state index in [4.69, 9.17) is 9.26 Å². The lowest BCUT2D eigenvalue weighted by Gasteiger charge is -2.08. The maximum Gasteiger partial charge on any atom is 0.279 e. The molecule has 0 spiro atoms. The van der Waals surface area contributed by atoms with Crippen molar-refractivity contribution >= 4 is 11.7 Å². The van der Waals surface area contributed by atoms with Crippen molar-refractivity contribution in [3.8, 4) is 5.75 Å². The summed E-state index contributed by atoms with van der Waals surface area (Å²) in [7, 11) is 1.69. The minimum absolute atomic E-state index is 0.0175. The number of hydrogen-bond donors (Lipinski definition) is 1. The van der Waals surface area contributed by atoms with E-state index in [0.29, 0.717) is 23.2 Å². The number of ether oxygens (including phenoxy) is 1. The molecule has 136 valence electrons. The molecule has 0 aliphatic rings. The van der Waals surface area contributed by atoms with Crippen molar-refractivity contribution in [2.75, 3.05) is 5.32 Å². The fraction of sp³-hybridized carbons (Fsp3) is 0.235. The summed E-state index contributed by atoms with van der Waals surface area (Å²) in [5, 5.41) is 10.6. The predicted octanol–water partition coefficient (Wildman–Crippen LogP) is 3.13. The molecule has 26 heavy (non-hydrogen) atoms. The van der Waals surface area contributed by atoms with E-state index in [9.17, 15) is 13.6 Å². The standard InChI is InChI=1S/C17H16F2N4O3/c1-9-6-15(23(3)21-9)20-17(24)16-12(10(2)26-22-16)8-25-14-5-4-11(18)7-13(14)19/h4-7H,8H2,1-3H3,(H,20,24). The van der Waals surface area contributed by atoms with Crippen molar-refractivity contribution in [3.05, 3.63) is 58.6 Å². The van der Waals surface area contributed by atoms with Crippen LogP contribution in [0.15, 0.2) is 28.8 Å². The van der Waals surface area contributed by atoms with Crippen LogP contribution < -0.4 is 10.1 Å². The molecular weight excluding hydrogens is 346 g/mol. The van der Waals surface area contributed by atoms with Crippen LogP contribution in [0.1, 0.15) is 27.5 Å². The maximum atomic E-state index is 13.7. The highest BCUT2D eigenvalue weighted by Gasteiger charge is 2.22. The Balaban J connectivity index is 1.78. The summed E-state index contributed by atoms with van der Waals surface area (Å²) in [4.78, 5) is 12.5. The Morgan fingerprint density at radius 3 is 2.73 bits per heavy atom. The molecule has 3 rings (SSSR count). The molecule has 2 heterocycles. The molecule has 0 saturated heterocycles. The second kappa shape index (κ2) is 6.95. The van der Waals surface area contributed by atoms with E-state index >= 15 is 0 Å². The van der Waals surface area contributed by atoms with Gasteiger partial charge in [0, 0.05) is 19.2 Å². The first-order chi connectivity index (χ1) is 12.3. The van der Waals surface area contributed by atoms with Crippen LogP contribution in [-0.4, -0.2) is 20.8 Å². The second-order valence-corrected chi connectivity index (χ2v) is 5.68. The van der Waals surface area contributed by atoms with Crippen molar-refractivity contribution in [2.24, 2.45) is 7.05 Å². The van der Waals surface area contributed by atoms with Crippen LogP contribution >= 0.6 is 0 Å². The molecule has 2 aromatic heterocycles. The van der Waals surface area contributed by atoms with Crippen molar-refractivity contribution in [1.29, 1.82) is 0 Å². The lowest BCUT2D eigenvalue weighted by molar-refractivity contribution is 0.101. The average molecular weight is 362 g/mol. The van der Waals surface area contributed by atoms with Gasteiger partial charge >= 0.3 is 0 Å². The van der Waals surface area contributed by atoms with Gasteiger partial charge in [-0.05, 0) is 26.0 Å². The summed E-state index contributed by atoms with van der Waals surface area (Å²) < 4.78 is 38.6. The van der Waals surface area contributed by atoms with E-state index in [1.54, 1.807) is 27.0 Å². The Kier molecular flexibility index (Phi) is 4.70. The predicted molar refractivity (Wildman–Crippen MR) is 87.8 cm³/mol. The van der Waals surface area contributed by atoms with Gasteiger partial charge in [-0.1, -0.05) is 5.16 Å². The van der Waals surface area contributed by atoms with E-state index in [1.165, 1.54) is 10.7 Å². The fourth-order valence-corrected chi connectivity index (χ4v) is 2.38. The number of anilines is 1. The smallest absolute Gasteiger partial charge is 0.279 e. The number of aromatic nitrogens is 3. The lowest BCUT2D eigenvalue weighted by atomic mass is 10.2. The van der Waals surface area contributed by atoms with Gasteiger partial charge in [0.25, 0.3) is 5.91 Å². The zero-order valence-corrected chi connectivity index (χ0v) is 14.3. The summed E-state index contributed by atoms with van der Waals surface area (Å²) in [5.41, 5.74) is 1.13. The number of nitrogens with zero attached hydrogens (tertiary/aromatic N) is 3. The Bertz CT molecular complexity index is 965. The van der Waals surface area contributed by atoms with Crippen LogP contribution in [-0.2, 0) is 13.7 Å². The number of hydrogen-bond acceptors (Lipinski definition) is 5. The molecule has 0 aliphatic carbocycles. The topological polar surface area (TPSA) is 82.2 Å². The van der Waals surface area contributed by atoms with Gasteiger partial charge in [-0.15, -0.1) is 0 Å². The van der Waals surface area contributed by atoms with Crippen molar-refractivity contribution in [2.45, 2.75) is 20.5 Å². The maximum absolute atomic E-state index is 13.7. The zero-order chi connectivity index (χ0) is 18.8. The quantitative estimate of drug-likeness (QED) is 0.754. The minimum Gasteiger partial charge on any atom is -0.486 e. The molecule has 9 heteroatoms. The van der Waals surface area contributed by atoms with Gasteiger partial charge in [0.2, 0.25) is 0 Å². The Morgan fingerprint density at radius 1 is 1.31 bits per heavy atom. The van der Waals surface area contributed by atoms with Crippen LogP contribution in [0.2, 0.25) is 0 Å². The third kappa shape index (κ3) is 3.56. The first kappa shape index (κ1) is 17.6. The van der Waals surface area contributed by atoms with Crippen molar-refractivity contribution < 1.29 is 22.8 Å². The molecule has 0 fully saturated rings. The molecule has 0 saturated carbocycles. The number of halogens is 2. The van der Waals surface area contributed by atoms with E-state index in [0.717, 1.165) is 11.8 Å². The third-order valence-electron chi connectivity index (χ3n) is 3.71. The normalized spacial score (nSPS) is 10.8. The summed E-state index contributed by atoms with van der Waals surface area (Å²) >= 11 is 0. The number of amides is 1. The molecule has 0 unspecified atom stereocenters. The largest absolute Gasteiger partial charge is 0.486 e. The van der Waals surface area contributed by atoms with Crippen LogP contribution in [0.4, 0.5) is 14.6 Å². The van der Waals surface area contributed by atoms with Gasteiger partial charge in [0.15, 0.2) is 17.3 Å². The lowest BCUT2D eigenvalue weighted by Crippen LogP contribution is -2.17. The highest BCUT2D eigenvalue weighted by Crippen LogP contribution is 2.22. The Hall–Kier alpha value is -3.23. The first-order valence-corrected chi connectivity index (χ1v) is 7.70. The summed E-state index contributed by atoms with van der Waals surface area (Å²) in [6, 6.07) is 4.67. The molecule has 0 atom stereocenters. The number of aryl methyl sites for hydroxylation is 3. The van der Waals surface area contributed by atoms with Gasteiger partial charge in [0.1, 0.15) is 24.0 Å². The second-order valence-electron chi connectivity index (χ2n) is 5.68. The van der Waals surface area contributed by atoms with Gasteiger partial charge in [-0.25, -0.2) is 8.78 Å². The number of benzene rings is 1. The number of nitrogens with one attached hydrogen (secondary N) is 1. The molecule has 1 amide bonds. The van der Waals surface area contributed by atoms with E-state index in [2.05, 4.69) is 15.6 Å². The number of rotatable bonds is 5. The van der Waals surface area contributed by atoms with E-state index in [-0.39, 0.29) is 18.1 Å². The number of carbonyl (C=O) groups excluding carboxylic acids is 1. The molecule has 0 aliphatic heterocycles. The van der Waals surface area contributed by atoms with Gasteiger partial charge < -0.3 is 14.6 Å². The third-order valence-corrected chi connectivity index (χ3v) is 3.71. The Morgan fingerprint density at radius 2 is 2.08 bits per heavy atom. The van der Waals surface area contributed by atoms with Crippen molar-refractivity contribution in [3.63, 3.8) is 0 Å². The van der Waals surface area contributed by atoms with Crippen LogP contribution in [0, 0.1) is 25.5 Å². The molecular formula is C17H16F2N4O3. The van der Waals surface area contributed by atoms with Crippen LogP contribution in [0.3, 0.4) is 0 Å². The van der Waals surface area contributed by atoms with E-state index < -0.39 is 17.5 Å². The summed E-state index contributed by atoms with van der Waals surface area (Å²) in [5.74, 6) is -1.34. The van der Waals surface area contributed by atoms with Gasteiger partial charge in [0.05, 0.1) is 11.3 Å². The van der Waals surface area contributed by atoms with E-state index in [1.807, 2.05) is 0 Å². The molecule has 1 aromatic carbocycles. The molecule has 0 radical (unpaired) electrons. The minimum atomic E-state index is -0.838. The van der Waals surface area contributed by atoms with Crippen LogP contribution in [0.5, 0.6) is 5.75 Å². The Labute approximate surface area is 147 Å². The van der Waals surface area contributed by atoms with Crippen molar-refractivity contribution in [1.82, 2.24) is 14.9 Å². The summed E-state index contributed by atoms with van der Waals surface area (Å²) in [6.07, 6.45) is 0. The molecule has 3 aromatic rings. The van der Waals surface area contributed by atoms with Crippen LogP contribution in [0.25, 0.3) is 0 Å². The SMILES string of the molecule is Cc1cc(NC(=O)c2noc(C)c2COc2ccc(F)cc2F)n(C)n1. The number of carbonyl (C=O) groups is 1. The molecule has 7 nitrogen and oxygen atoms in total. The van der Waals surface area contributed by atoms with Gasteiger partial charge in [-0.3, -0.25) is 9.48 Å². The molecule has 0 bridgehead atoms. The summed E-state index contributed by atoms with van der Waals surface area (Å²) in [6.45, 7) is 3.25. The highest BCUT2D eigenvalue weighted by atomic mass is 19.1. The average Bonchev–Trinajstić information content (AvgIpc) is 3.09. The van der Waals surface area contributed by atoms with Gasteiger partial charge in [-0.2, -0.15) is 5.10 Å². The highest BCUT2D eigenvalue weighted by molar-refractivity contribution is 6.03.